The van der Waals surface area contributed by atoms with Crippen molar-refractivity contribution < 1.29 is 22.4 Å². The van der Waals surface area contributed by atoms with Crippen LogP contribution in [0.2, 0.25) is 0 Å². The van der Waals surface area contributed by atoms with Crippen LogP contribution in [0.1, 0.15) is 53.0 Å². The van der Waals surface area contributed by atoms with Crippen molar-refractivity contribution in [2.45, 2.75) is 38.5 Å². The van der Waals surface area contributed by atoms with Crippen LogP contribution in [-0.4, -0.2) is 55.5 Å². The molecule has 0 N–H and O–H groups in total. The fraction of sp³-hybridized carbons (Fsp3) is 0.417. The van der Waals surface area contributed by atoms with Gasteiger partial charge < -0.3 is 4.90 Å². The zero-order chi connectivity index (χ0) is 23.5. The summed E-state index contributed by atoms with van der Waals surface area (Å²) >= 11 is 0. The number of likely N-dealkylation sites (tertiary alicyclic amines) is 1. The number of hydrogen-bond acceptors (Lipinski definition) is 4. The van der Waals surface area contributed by atoms with E-state index in [9.17, 15) is 22.4 Å². The summed E-state index contributed by atoms with van der Waals surface area (Å²) < 4.78 is 41.3. The Morgan fingerprint density at radius 3 is 2.19 bits per heavy atom. The third-order valence-corrected chi connectivity index (χ3v) is 8.05. The Balaban J connectivity index is 1.74. The van der Waals surface area contributed by atoms with Gasteiger partial charge in [0.05, 0.1) is 10.5 Å². The van der Waals surface area contributed by atoms with Crippen LogP contribution in [0, 0.1) is 18.7 Å². The second kappa shape index (κ2) is 9.92. The Labute approximate surface area is 189 Å². The minimum Gasteiger partial charge on any atom is -0.339 e. The van der Waals surface area contributed by atoms with Gasteiger partial charge in [-0.15, -0.1) is 0 Å². The number of ketones is 1. The number of hydrogen-bond donors (Lipinski definition) is 0. The smallest absolute Gasteiger partial charge is 0.256 e. The first kappa shape index (κ1) is 24.1. The van der Waals surface area contributed by atoms with Crippen molar-refractivity contribution in [3.05, 3.63) is 65.0 Å². The number of halogens is 1. The maximum absolute atomic E-state index is 14.5. The Morgan fingerprint density at radius 1 is 1.03 bits per heavy atom. The van der Waals surface area contributed by atoms with Crippen molar-refractivity contribution in [1.29, 1.82) is 0 Å². The number of carbonyl (C=O) groups is 2. The van der Waals surface area contributed by atoms with Gasteiger partial charge in [0.15, 0.2) is 5.78 Å². The predicted molar refractivity (Wildman–Crippen MR) is 121 cm³/mol. The van der Waals surface area contributed by atoms with Gasteiger partial charge in [-0.05, 0) is 38.0 Å². The van der Waals surface area contributed by atoms with E-state index in [-0.39, 0.29) is 35.2 Å². The van der Waals surface area contributed by atoms with Gasteiger partial charge in [-0.25, -0.2) is 12.8 Å². The molecule has 1 amide bonds. The molecule has 0 aliphatic carbocycles. The molecule has 2 aromatic rings. The first-order chi connectivity index (χ1) is 15.2. The molecule has 0 atom stereocenters. The Bertz CT molecular complexity index is 1090. The van der Waals surface area contributed by atoms with Crippen LogP contribution in [0.4, 0.5) is 4.39 Å². The summed E-state index contributed by atoms with van der Waals surface area (Å²) in [5, 5.41) is 0. The standard InChI is InChI=1S/C24H29FN2O4S/c1-4-27(5-2)32(30,31)20-10-11-22(25)21(16-20)24(29)26-14-12-19(13-15-26)23(28)18-8-6-17(3)7-9-18/h6-11,16,19H,4-5,12-15H2,1-3H3. The molecule has 0 aromatic heterocycles. The molecule has 8 heteroatoms. The van der Waals surface area contributed by atoms with Crippen LogP contribution in [-0.2, 0) is 10.0 Å². The number of amides is 1. The van der Waals surface area contributed by atoms with Gasteiger partial charge in [0.25, 0.3) is 5.91 Å². The summed E-state index contributed by atoms with van der Waals surface area (Å²) in [7, 11) is -3.81. The Hall–Kier alpha value is -2.58. The van der Waals surface area contributed by atoms with E-state index in [0.717, 1.165) is 17.7 Å². The van der Waals surface area contributed by atoms with E-state index >= 15 is 0 Å². The molecule has 0 bridgehead atoms. The van der Waals surface area contributed by atoms with Crippen LogP contribution in [0.15, 0.2) is 47.4 Å². The number of nitrogens with zero attached hydrogens (tertiary/aromatic N) is 2. The minimum absolute atomic E-state index is 0.0515. The quantitative estimate of drug-likeness (QED) is 0.588. The molecule has 0 saturated carbocycles. The van der Waals surface area contributed by atoms with E-state index in [1.54, 1.807) is 13.8 Å². The third kappa shape index (κ3) is 4.91. The van der Waals surface area contributed by atoms with Gasteiger partial charge in [-0.3, -0.25) is 9.59 Å². The average Bonchev–Trinajstić information content (AvgIpc) is 2.79. The minimum atomic E-state index is -3.81. The second-order valence-electron chi connectivity index (χ2n) is 8.03. The van der Waals surface area contributed by atoms with Crippen molar-refractivity contribution in [3.63, 3.8) is 0 Å². The number of piperidine rings is 1. The predicted octanol–water partition coefficient (Wildman–Crippen LogP) is 3.90. The molecule has 172 valence electrons. The monoisotopic (exact) mass is 460 g/mol. The van der Waals surface area contributed by atoms with Crippen LogP contribution in [0.3, 0.4) is 0 Å². The topological polar surface area (TPSA) is 74.8 Å². The normalized spacial score (nSPS) is 15.2. The average molecular weight is 461 g/mol. The summed E-state index contributed by atoms with van der Waals surface area (Å²) in [5.74, 6) is -1.46. The molecule has 1 saturated heterocycles. The number of carbonyl (C=O) groups excluding carboxylic acids is 2. The van der Waals surface area contributed by atoms with Crippen LogP contribution < -0.4 is 0 Å². The highest BCUT2D eigenvalue weighted by atomic mass is 32.2. The van der Waals surface area contributed by atoms with E-state index in [1.807, 2.05) is 31.2 Å². The molecular formula is C24H29FN2O4S. The van der Waals surface area contributed by atoms with Crippen LogP contribution in [0.5, 0.6) is 0 Å². The molecule has 6 nitrogen and oxygen atoms in total. The molecule has 0 unspecified atom stereocenters. The Morgan fingerprint density at radius 2 is 1.62 bits per heavy atom. The summed E-state index contributed by atoms with van der Waals surface area (Å²) in [6.07, 6.45) is 0.967. The number of aryl methyl sites for hydroxylation is 1. The zero-order valence-corrected chi connectivity index (χ0v) is 19.5. The highest BCUT2D eigenvalue weighted by Gasteiger charge is 2.30. The number of sulfonamides is 1. The van der Waals surface area contributed by atoms with Crippen molar-refractivity contribution in [3.8, 4) is 0 Å². The highest BCUT2D eigenvalue weighted by molar-refractivity contribution is 7.89. The lowest BCUT2D eigenvalue weighted by molar-refractivity contribution is 0.0646. The largest absolute Gasteiger partial charge is 0.339 e. The summed E-state index contributed by atoms with van der Waals surface area (Å²) in [6, 6.07) is 10.7. The van der Waals surface area contributed by atoms with E-state index < -0.39 is 21.7 Å². The first-order valence-electron chi connectivity index (χ1n) is 10.9. The molecular weight excluding hydrogens is 431 g/mol. The number of benzene rings is 2. The fourth-order valence-electron chi connectivity index (χ4n) is 4.01. The molecule has 32 heavy (non-hydrogen) atoms. The summed E-state index contributed by atoms with van der Waals surface area (Å²) in [6.45, 7) is 6.59. The Kier molecular flexibility index (Phi) is 7.46. The second-order valence-corrected chi connectivity index (χ2v) is 9.97. The van der Waals surface area contributed by atoms with E-state index in [1.165, 1.54) is 15.3 Å². The van der Waals surface area contributed by atoms with E-state index in [0.29, 0.717) is 31.5 Å². The van der Waals surface area contributed by atoms with Gasteiger partial charge >= 0.3 is 0 Å². The summed E-state index contributed by atoms with van der Waals surface area (Å²) in [4.78, 5) is 27.1. The molecule has 2 aromatic carbocycles. The lowest BCUT2D eigenvalue weighted by atomic mass is 9.88. The van der Waals surface area contributed by atoms with Crippen molar-refractivity contribution >= 4 is 21.7 Å². The van der Waals surface area contributed by atoms with E-state index in [4.69, 9.17) is 0 Å². The number of rotatable bonds is 7. The SMILES string of the molecule is CCN(CC)S(=O)(=O)c1ccc(F)c(C(=O)N2CCC(C(=O)c3ccc(C)cc3)CC2)c1. The van der Waals surface area contributed by atoms with Gasteiger partial charge in [-0.1, -0.05) is 43.7 Å². The molecule has 0 spiro atoms. The van der Waals surface area contributed by atoms with Crippen molar-refractivity contribution in [2.75, 3.05) is 26.2 Å². The molecule has 1 aliphatic heterocycles. The molecule has 1 aliphatic rings. The molecule has 1 heterocycles. The van der Waals surface area contributed by atoms with E-state index in [2.05, 4.69) is 0 Å². The van der Waals surface area contributed by atoms with Gasteiger partial charge in [0.1, 0.15) is 5.82 Å². The third-order valence-electron chi connectivity index (χ3n) is 6.00. The van der Waals surface area contributed by atoms with Gasteiger partial charge in [0.2, 0.25) is 10.0 Å². The maximum atomic E-state index is 14.5. The lowest BCUT2D eigenvalue weighted by Crippen LogP contribution is -2.40. The van der Waals surface area contributed by atoms with Crippen LogP contribution >= 0.6 is 0 Å². The zero-order valence-electron chi connectivity index (χ0n) is 18.7. The number of Topliss-reactive ketones (excluding diaryl/α,β-unsaturated/α-hetero) is 1. The lowest BCUT2D eigenvalue weighted by Gasteiger charge is -2.31. The first-order valence-corrected chi connectivity index (χ1v) is 12.3. The van der Waals surface area contributed by atoms with Crippen molar-refractivity contribution in [2.24, 2.45) is 5.92 Å². The molecule has 3 rings (SSSR count). The molecule has 1 fully saturated rings. The molecule has 0 radical (unpaired) electrons. The highest BCUT2D eigenvalue weighted by Crippen LogP contribution is 2.25. The fourth-order valence-corrected chi connectivity index (χ4v) is 5.49. The van der Waals surface area contributed by atoms with Gasteiger partial charge in [0, 0.05) is 37.7 Å². The van der Waals surface area contributed by atoms with Crippen LogP contribution in [0.25, 0.3) is 0 Å². The summed E-state index contributed by atoms with van der Waals surface area (Å²) in [5.41, 5.74) is 1.47. The van der Waals surface area contributed by atoms with Crippen molar-refractivity contribution in [1.82, 2.24) is 9.21 Å². The van der Waals surface area contributed by atoms with Gasteiger partial charge in [-0.2, -0.15) is 4.31 Å². The maximum Gasteiger partial charge on any atom is 0.256 e.